The molecule has 0 aromatic rings. The summed E-state index contributed by atoms with van der Waals surface area (Å²) in [5, 5.41) is 0. The first-order chi connectivity index (χ1) is 7.04. The first-order valence-electron chi connectivity index (χ1n) is 6.15. The van der Waals surface area contributed by atoms with Gasteiger partial charge in [-0.3, -0.25) is 0 Å². The van der Waals surface area contributed by atoms with Gasteiger partial charge in [-0.25, -0.2) is 0 Å². The highest BCUT2D eigenvalue weighted by Crippen LogP contribution is 2.35. The van der Waals surface area contributed by atoms with Crippen molar-refractivity contribution in [1.82, 2.24) is 0 Å². The second-order valence-electron chi connectivity index (χ2n) is 5.34. The van der Waals surface area contributed by atoms with Gasteiger partial charge in [-0.2, -0.15) is 0 Å². The summed E-state index contributed by atoms with van der Waals surface area (Å²) in [5.41, 5.74) is 0. The van der Waals surface area contributed by atoms with Crippen LogP contribution < -0.4 is 0 Å². The molecule has 2 nitrogen and oxygen atoms in total. The zero-order chi connectivity index (χ0) is 11.4. The van der Waals surface area contributed by atoms with E-state index in [1.807, 2.05) is 6.92 Å². The van der Waals surface area contributed by atoms with Crippen molar-refractivity contribution in [1.29, 1.82) is 0 Å². The fourth-order valence-corrected chi connectivity index (χ4v) is 2.58. The largest absolute Gasteiger partial charge is 0.368 e. The summed E-state index contributed by atoms with van der Waals surface area (Å²) in [5.74, 6) is 2.02. The molecule has 0 spiro atoms. The fourth-order valence-electron chi connectivity index (χ4n) is 2.58. The van der Waals surface area contributed by atoms with E-state index >= 15 is 0 Å². The molecule has 0 N–H and O–H groups in total. The number of rotatable bonds is 4. The Kier molecular flexibility index (Phi) is 4.78. The molecule has 2 heteroatoms. The number of carbonyl (C=O) groups excluding carboxylic acids is 1. The van der Waals surface area contributed by atoms with E-state index < -0.39 is 0 Å². The van der Waals surface area contributed by atoms with Crippen molar-refractivity contribution >= 4 is 6.29 Å². The average Bonchev–Trinajstić information content (AvgIpc) is 2.17. The molecular weight excluding hydrogens is 188 g/mol. The molecular formula is C13H24O2. The van der Waals surface area contributed by atoms with Crippen LogP contribution in [0.5, 0.6) is 0 Å². The quantitative estimate of drug-likeness (QED) is 0.669. The van der Waals surface area contributed by atoms with Crippen molar-refractivity contribution in [2.24, 2.45) is 17.8 Å². The van der Waals surface area contributed by atoms with Gasteiger partial charge in [0.2, 0.25) is 0 Å². The van der Waals surface area contributed by atoms with Gasteiger partial charge in [-0.1, -0.05) is 27.2 Å². The minimum atomic E-state index is -0.249. The maximum atomic E-state index is 10.6. The molecule has 1 saturated carbocycles. The molecule has 0 heterocycles. The second-order valence-corrected chi connectivity index (χ2v) is 5.34. The summed E-state index contributed by atoms with van der Waals surface area (Å²) in [6.07, 6.45) is 4.60. The fraction of sp³-hybridized carbons (Fsp3) is 0.923. The highest BCUT2D eigenvalue weighted by molar-refractivity contribution is 5.55. The van der Waals surface area contributed by atoms with Crippen LogP contribution in [0.3, 0.4) is 0 Å². The van der Waals surface area contributed by atoms with Crippen LogP contribution in [0.4, 0.5) is 0 Å². The molecule has 0 aromatic carbocycles. The van der Waals surface area contributed by atoms with Crippen molar-refractivity contribution in [3.8, 4) is 0 Å². The molecule has 1 aliphatic rings. The molecule has 88 valence electrons. The number of aldehydes is 1. The number of ether oxygens (including phenoxy) is 1. The van der Waals surface area contributed by atoms with E-state index in [0.717, 1.165) is 18.6 Å². The number of carbonyl (C=O) groups is 1. The summed E-state index contributed by atoms with van der Waals surface area (Å²) in [6, 6.07) is 0. The summed E-state index contributed by atoms with van der Waals surface area (Å²) in [7, 11) is 0. The van der Waals surface area contributed by atoms with Crippen molar-refractivity contribution in [3.05, 3.63) is 0 Å². The van der Waals surface area contributed by atoms with E-state index in [0.29, 0.717) is 11.8 Å². The van der Waals surface area contributed by atoms with E-state index in [4.69, 9.17) is 4.74 Å². The van der Waals surface area contributed by atoms with Crippen molar-refractivity contribution in [2.75, 3.05) is 0 Å². The Hall–Kier alpha value is -0.370. The lowest BCUT2D eigenvalue weighted by atomic mass is 9.75. The van der Waals surface area contributed by atoms with Crippen LogP contribution >= 0.6 is 0 Å². The standard InChI is InChI=1S/C13H24O2/c1-9(2)12-6-5-10(3)7-13(12)15-11(4)8-14/h8-13H,5-7H2,1-4H3. The minimum absolute atomic E-state index is 0.249. The smallest absolute Gasteiger partial charge is 0.148 e. The average molecular weight is 212 g/mol. The summed E-state index contributed by atoms with van der Waals surface area (Å²) in [4.78, 5) is 10.6. The Labute approximate surface area is 93.4 Å². The van der Waals surface area contributed by atoms with Crippen LogP contribution in [-0.4, -0.2) is 18.5 Å². The van der Waals surface area contributed by atoms with Crippen molar-refractivity contribution < 1.29 is 9.53 Å². The van der Waals surface area contributed by atoms with Crippen molar-refractivity contribution in [3.63, 3.8) is 0 Å². The molecule has 15 heavy (non-hydrogen) atoms. The topological polar surface area (TPSA) is 26.3 Å². The van der Waals surface area contributed by atoms with Gasteiger partial charge in [0.25, 0.3) is 0 Å². The van der Waals surface area contributed by atoms with Gasteiger partial charge in [-0.05, 0) is 37.5 Å². The molecule has 0 bridgehead atoms. The molecule has 0 saturated heterocycles. The van der Waals surface area contributed by atoms with Crippen LogP contribution in [0.25, 0.3) is 0 Å². The molecule has 0 radical (unpaired) electrons. The lowest BCUT2D eigenvalue weighted by molar-refractivity contribution is -0.127. The van der Waals surface area contributed by atoms with Crippen LogP contribution in [-0.2, 0) is 9.53 Å². The monoisotopic (exact) mass is 212 g/mol. The van der Waals surface area contributed by atoms with Gasteiger partial charge in [0.1, 0.15) is 12.4 Å². The molecule has 0 aromatic heterocycles. The van der Waals surface area contributed by atoms with Gasteiger partial charge in [0, 0.05) is 0 Å². The van der Waals surface area contributed by atoms with Gasteiger partial charge in [0.15, 0.2) is 0 Å². The molecule has 0 aliphatic heterocycles. The predicted octanol–water partition coefficient (Wildman–Crippen LogP) is 3.05. The first kappa shape index (κ1) is 12.7. The Bertz CT molecular complexity index is 201. The third-order valence-corrected chi connectivity index (χ3v) is 3.54. The van der Waals surface area contributed by atoms with E-state index in [2.05, 4.69) is 20.8 Å². The summed E-state index contributed by atoms with van der Waals surface area (Å²) < 4.78 is 5.82. The Morgan fingerprint density at radius 1 is 1.27 bits per heavy atom. The lowest BCUT2D eigenvalue weighted by Crippen LogP contribution is -2.36. The lowest BCUT2D eigenvalue weighted by Gasteiger charge is -2.37. The van der Waals surface area contributed by atoms with Crippen LogP contribution in [0.15, 0.2) is 0 Å². The minimum Gasteiger partial charge on any atom is -0.368 e. The van der Waals surface area contributed by atoms with Crippen LogP contribution in [0.1, 0.15) is 47.0 Å². The summed E-state index contributed by atoms with van der Waals surface area (Å²) in [6.45, 7) is 8.62. The first-order valence-corrected chi connectivity index (χ1v) is 6.15. The number of hydrogen-bond donors (Lipinski definition) is 0. The second kappa shape index (κ2) is 5.64. The SMILES string of the molecule is CC1CCC(C(C)C)C(OC(C)C=O)C1. The normalized spacial score (nSPS) is 34.1. The van der Waals surface area contributed by atoms with E-state index in [1.165, 1.54) is 12.8 Å². The molecule has 1 rings (SSSR count). The van der Waals surface area contributed by atoms with Gasteiger partial charge in [0.05, 0.1) is 6.10 Å². The van der Waals surface area contributed by atoms with E-state index in [9.17, 15) is 4.79 Å². The van der Waals surface area contributed by atoms with E-state index in [1.54, 1.807) is 0 Å². The molecule has 4 atom stereocenters. The maximum Gasteiger partial charge on any atom is 0.148 e. The van der Waals surface area contributed by atoms with Gasteiger partial charge >= 0.3 is 0 Å². The van der Waals surface area contributed by atoms with Crippen LogP contribution in [0.2, 0.25) is 0 Å². The third-order valence-electron chi connectivity index (χ3n) is 3.54. The molecule has 0 amide bonds. The van der Waals surface area contributed by atoms with Gasteiger partial charge in [-0.15, -0.1) is 0 Å². The Morgan fingerprint density at radius 3 is 2.47 bits per heavy atom. The Morgan fingerprint density at radius 2 is 1.93 bits per heavy atom. The predicted molar refractivity (Wildman–Crippen MR) is 61.7 cm³/mol. The van der Waals surface area contributed by atoms with Gasteiger partial charge < -0.3 is 9.53 Å². The molecule has 4 unspecified atom stereocenters. The zero-order valence-corrected chi connectivity index (χ0v) is 10.4. The summed E-state index contributed by atoms with van der Waals surface area (Å²) >= 11 is 0. The molecule has 1 aliphatic carbocycles. The third kappa shape index (κ3) is 3.60. The Balaban J connectivity index is 2.57. The van der Waals surface area contributed by atoms with Crippen LogP contribution in [0, 0.1) is 17.8 Å². The maximum absolute atomic E-state index is 10.6. The highest BCUT2D eigenvalue weighted by atomic mass is 16.5. The highest BCUT2D eigenvalue weighted by Gasteiger charge is 2.32. The van der Waals surface area contributed by atoms with Crippen molar-refractivity contribution in [2.45, 2.75) is 59.2 Å². The van der Waals surface area contributed by atoms with E-state index in [-0.39, 0.29) is 12.2 Å². The molecule has 1 fully saturated rings. The zero-order valence-electron chi connectivity index (χ0n) is 10.4. The number of hydrogen-bond acceptors (Lipinski definition) is 2.